The maximum absolute atomic E-state index is 10.7. The van der Waals surface area contributed by atoms with E-state index in [-0.39, 0.29) is 12.5 Å². The van der Waals surface area contributed by atoms with Crippen LogP contribution in [0, 0.1) is 0 Å². The summed E-state index contributed by atoms with van der Waals surface area (Å²) in [6.45, 7) is 2.54. The van der Waals surface area contributed by atoms with E-state index in [4.69, 9.17) is 7.85 Å². The largest absolute Gasteiger partial charge is 0.475 e. The minimum atomic E-state index is -0.781. The molecule has 0 unspecified atom stereocenters. The van der Waals surface area contributed by atoms with Gasteiger partial charge in [-0.25, -0.2) is 0 Å². The number of amides is 1. The molecule has 0 aromatic heterocycles. The summed E-state index contributed by atoms with van der Waals surface area (Å²) in [5.74, 6) is -0.786. The van der Waals surface area contributed by atoms with E-state index in [0.29, 0.717) is 19.4 Å². The Hall–Kier alpha value is -0.995. The molecule has 0 saturated carbocycles. The molecule has 0 heterocycles. The Balaban J connectivity index is 3.11. The van der Waals surface area contributed by atoms with Gasteiger partial charge in [-0.3, -0.25) is 9.59 Å². The van der Waals surface area contributed by atoms with E-state index in [1.165, 1.54) is 0 Å². The second-order valence-electron chi connectivity index (χ2n) is 2.22. The fourth-order valence-electron chi connectivity index (χ4n) is 0.598. The molecule has 0 aliphatic rings. The molecule has 0 aromatic rings. The van der Waals surface area contributed by atoms with Gasteiger partial charge < -0.3 is 10.1 Å². The number of hydrogen-bond donors (Lipinski definition) is 1. The van der Waals surface area contributed by atoms with Gasteiger partial charge in [-0.05, 0) is 6.42 Å². The van der Waals surface area contributed by atoms with E-state index in [0.717, 1.165) is 0 Å². The number of nitrogens with one attached hydrogen (secondary N) is 1. The van der Waals surface area contributed by atoms with E-state index in [9.17, 15) is 9.59 Å². The molecule has 2 radical (unpaired) electrons. The summed E-state index contributed by atoms with van der Waals surface area (Å²) in [6, 6.07) is 0. The number of hydrogen-bond acceptors (Lipinski definition) is 3. The zero-order valence-corrected chi connectivity index (χ0v) is 7.13. The Bertz CT molecular complexity index is 161. The average molecular weight is 169 g/mol. The van der Waals surface area contributed by atoms with Gasteiger partial charge in [0, 0.05) is 13.0 Å². The Labute approximate surface area is 73.1 Å². The van der Waals surface area contributed by atoms with E-state index in [2.05, 4.69) is 10.1 Å². The van der Waals surface area contributed by atoms with Gasteiger partial charge in [0.1, 0.15) is 0 Å². The van der Waals surface area contributed by atoms with Gasteiger partial charge in [-0.15, -0.1) is 0 Å². The fraction of sp³-hybridized carbons (Fsp3) is 0.714. The van der Waals surface area contributed by atoms with Crippen LogP contribution in [0.4, 0.5) is 4.79 Å². The van der Waals surface area contributed by atoms with Crippen LogP contribution in [-0.2, 0) is 9.53 Å². The highest BCUT2D eigenvalue weighted by Crippen LogP contribution is 1.82. The standard InChI is InChI=1S/C7H12BNO3/c1-2-6(10)9-4-3-5-12-7(8)11/h2-5H2,1H3,(H,9,10). The van der Waals surface area contributed by atoms with Crippen LogP contribution in [0.25, 0.3) is 0 Å². The summed E-state index contributed by atoms with van der Waals surface area (Å²) in [6.07, 6.45) is 1.06. The Morgan fingerprint density at radius 2 is 2.17 bits per heavy atom. The van der Waals surface area contributed by atoms with Crippen LogP contribution < -0.4 is 5.32 Å². The molecule has 0 aliphatic heterocycles. The Kier molecular flexibility index (Phi) is 6.14. The van der Waals surface area contributed by atoms with Crippen molar-refractivity contribution in [1.29, 1.82) is 0 Å². The zero-order valence-electron chi connectivity index (χ0n) is 7.13. The third kappa shape index (κ3) is 7.12. The van der Waals surface area contributed by atoms with Gasteiger partial charge >= 0.3 is 0 Å². The van der Waals surface area contributed by atoms with E-state index < -0.39 is 5.87 Å². The first-order valence-electron chi connectivity index (χ1n) is 3.85. The number of carbonyl (C=O) groups excluding carboxylic acids is 2. The summed E-state index contributed by atoms with van der Waals surface area (Å²) >= 11 is 0. The van der Waals surface area contributed by atoms with Crippen molar-refractivity contribution in [1.82, 2.24) is 5.32 Å². The maximum Gasteiger partial charge on any atom is 0.235 e. The average Bonchev–Trinajstić information content (AvgIpc) is 2.03. The topological polar surface area (TPSA) is 55.4 Å². The molecule has 0 fully saturated rings. The third-order valence-electron chi connectivity index (χ3n) is 1.21. The molecule has 66 valence electrons. The summed E-state index contributed by atoms with van der Waals surface area (Å²) < 4.78 is 4.44. The molecule has 0 aromatic carbocycles. The minimum absolute atomic E-state index is 0.00549. The maximum atomic E-state index is 10.7. The van der Waals surface area contributed by atoms with Crippen molar-refractivity contribution in [2.45, 2.75) is 19.8 Å². The molecule has 0 spiro atoms. The monoisotopic (exact) mass is 169 g/mol. The molecule has 0 aliphatic carbocycles. The highest BCUT2D eigenvalue weighted by atomic mass is 16.5. The second-order valence-corrected chi connectivity index (χ2v) is 2.22. The van der Waals surface area contributed by atoms with E-state index in [1.54, 1.807) is 6.92 Å². The SMILES string of the molecule is [B]C(=O)OCCCNC(=O)CC. The predicted molar refractivity (Wildman–Crippen MR) is 45.0 cm³/mol. The number of rotatable bonds is 5. The summed E-state index contributed by atoms with van der Waals surface area (Å²) in [7, 11) is 4.71. The molecule has 1 N–H and O–H groups in total. The molecular weight excluding hydrogens is 157 g/mol. The van der Waals surface area contributed by atoms with Gasteiger partial charge in [0.05, 0.1) is 6.61 Å². The Morgan fingerprint density at radius 3 is 2.67 bits per heavy atom. The van der Waals surface area contributed by atoms with Crippen molar-refractivity contribution in [2.24, 2.45) is 0 Å². The fourth-order valence-corrected chi connectivity index (χ4v) is 0.598. The van der Waals surface area contributed by atoms with Crippen LogP contribution >= 0.6 is 0 Å². The lowest BCUT2D eigenvalue weighted by atomic mass is 10.2. The summed E-state index contributed by atoms with van der Waals surface area (Å²) in [5, 5.41) is 2.64. The van der Waals surface area contributed by atoms with Crippen LogP contribution in [0.5, 0.6) is 0 Å². The lowest BCUT2D eigenvalue weighted by Crippen LogP contribution is -2.24. The van der Waals surface area contributed by atoms with Crippen molar-refractivity contribution in [2.75, 3.05) is 13.2 Å². The summed E-state index contributed by atoms with van der Waals surface area (Å²) in [4.78, 5) is 20.7. The van der Waals surface area contributed by atoms with Gasteiger partial charge in [-0.1, -0.05) is 6.92 Å². The summed E-state index contributed by atoms with van der Waals surface area (Å²) in [5.41, 5.74) is 0. The highest BCUT2D eigenvalue weighted by Gasteiger charge is 1.95. The van der Waals surface area contributed by atoms with Gasteiger partial charge in [0.25, 0.3) is 0 Å². The van der Waals surface area contributed by atoms with Crippen LogP contribution in [0.1, 0.15) is 19.8 Å². The van der Waals surface area contributed by atoms with Gasteiger partial charge in [-0.2, -0.15) is 0 Å². The first-order chi connectivity index (χ1) is 5.66. The lowest BCUT2D eigenvalue weighted by molar-refractivity contribution is -0.120. The number of ether oxygens (including phenoxy) is 1. The first-order valence-corrected chi connectivity index (χ1v) is 3.85. The molecule has 1 amide bonds. The molecule has 4 nitrogen and oxygen atoms in total. The lowest BCUT2D eigenvalue weighted by Gasteiger charge is -2.03. The smallest absolute Gasteiger partial charge is 0.235 e. The van der Waals surface area contributed by atoms with Crippen molar-refractivity contribution in [3.05, 3.63) is 0 Å². The molecule has 0 saturated heterocycles. The quantitative estimate of drug-likeness (QED) is 0.472. The molecule has 0 bridgehead atoms. The van der Waals surface area contributed by atoms with Crippen molar-refractivity contribution in [3.63, 3.8) is 0 Å². The van der Waals surface area contributed by atoms with Crippen LogP contribution in [0.3, 0.4) is 0 Å². The minimum Gasteiger partial charge on any atom is -0.475 e. The highest BCUT2D eigenvalue weighted by molar-refractivity contribution is 6.55. The van der Waals surface area contributed by atoms with E-state index in [1.807, 2.05) is 0 Å². The normalized spacial score (nSPS) is 9.08. The van der Waals surface area contributed by atoms with E-state index >= 15 is 0 Å². The van der Waals surface area contributed by atoms with Gasteiger partial charge in [0.2, 0.25) is 19.6 Å². The Morgan fingerprint density at radius 1 is 1.50 bits per heavy atom. The molecule has 12 heavy (non-hydrogen) atoms. The molecule has 5 heteroatoms. The van der Waals surface area contributed by atoms with Crippen LogP contribution in [0.2, 0.25) is 0 Å². The van der Waals surface area contributed by atoms with Crippen LogP contribution in [0.15, 0.2) is 0 Å². The number of carbonyl (C=O) groups is 2. The van der Waals surface area contributed by atoms with Crippen molar-refractivity contribution < 1.29 is 14.3 Å². The third-order valence-corrected chi connectivity index (χ3v) is 1.21. The first kappa shape index (κ1) is 11.0. The second kappa shape index (κ2) is 6.70. The molecular formula is C7H12BNO3. The predicted octanol–water partition coefficient (Wildman–Crippen LogP) is 0.208. The van der Waals surface area contributed by atoms with Gasteiger partial charge in [0.15, 0.2) is 0 Å². The van der Waals surface area contributed by atoms with Crippen molar-refractivity contribution in [3.8, 4) is 0 Å². The zero-order chi connectivity index (χ0) is 9.40. The van der Waals surface area contributed by atoms with Crippen LogP contribution in [-0.4, -0.2) is 32.8 Å². The molecule has 0 rings (SSSR count). The van der Waals surface area contributed by atoms with Crippen molar-refractivity contribution >= 4 is 19.6 Å². The molecule has 0 atom stereocenters.